The molecule has 3 heterocycles. The maximum absolute atomic E-state index is 8.74. The first kappa shape index (κ1) is 10.2. The molecule has 0 fully saturated rings. The fraction of sp³-hybridized carbons (Fsp3) is 0.120. The molecule has 3 heteroatoms. The lowest BCUT2D eigenvalue weighted by Crippen LogP contribution is -1.91. The number of nitrogens with zero attached hydrogens (tertiary/aromatic N) is 2. The number of hydrogen-bond acceptors (Lipinski definition) is 3. The van der Waals surface area contributed by atoms with Crippen LogP contribution < -0.4 is 0 Å². The molecule has 0 aliphatic carbocycles. The molecule has 0 saturated heterocycles. The third kappa shape index (κ3) is 2.95. The van der Waals surface area contributed by atoms with E-state index in [2.05, 4.69) is 9.97 Å². The second-order valence-corrected chi connectivity index (χ2v) is 6.47. The first-order chi connectivity index (χ1) is 16.9. The van der Waals surface area contributed by atoms with E-state index in [1.165, 1.54) is 36.5 Å². The van der Waals surface area contributed by atoms with Gasteiger partial charge in [0.2, 0.25) is 5.71 Å². The third-order valence-corrected chi connectivity index (χ3v) is 4.57. The molecule has 2 aromatic carbocycles. The molecule has 0 unspecified atom stereocenters. The van der Waals surface area contributed by atoms with Gasteiger partial charge >= 0.3 is 0 Å². The average molecular weight is 372 g/mol. The molecule has 0 aliphatic rings. The maximum atomic E-state index is 8.74. The summed E-state index contributed by atoms with van der Waals surface area (Å²) in [5, 5.41) is 1.41. The Morgan fingerprint density at radius 2 is 1.86 bits per heavy atom. The van der Waals surface area contributed by atoms with Gasteiger partial charge in [0.25, 0.3) is 0 Å². The van der Waals surface area contributed by atoms with E-state index >= 15 is 0 Å². The van der Waals surface area contributed by atoms with Crippen molar-refractivity contribution in [1.29, 1.82) is 0 Å². The van der Waals surface area contributed by atoms with Crippen LogP contribution >= 0.6 is 0 Å². The Balaban J connectivity index is 1.59. The normalized spacial score (nSPS) is 17.0. The maximum Gasteiger partial charge on any atom is 0.227 e. The highest BCUT2D eigenvalue weighted by molar-refractivity contribution is 6.08. The lowest BCUT2D eigenvalue weighted by molar-refractivity contribution is 0.653. The van der Waals surface area contributed by atoms with Crippen LogP contribution in [0.15, 0.2) is 77.3 Å². The predicted octanol–water partition coefficient (Wildman–Crippen LogP) is 6.25. The standard InChI is InChI=1S/C25H20N2O/c1-16-6-9-18(10-7-16)14-19-12-13-26-23(15-19)22-5-3-4-20-21-11-8-17(2)27-25(21)28-24(20)22/h3-13,15H,14H2,1-2H3/i1D3,2D3,14D2. The fourth-order valence-corrected chi connectivity index (χ4v) is 3.26. The molecule has 0 bridgehead atoms. The smallest absolute Gasteiger partial charge is 0.227 e. The van der Waals surface area contributed by atoms with Crippen LogP contribution in [0, 0.1) is 13.7 Å². The predicted molar refractivity (Wildman–Crippen MR) is 113 cm³/mol. The minimum Gasteiger partial charge on any atom is -0.437 e. The molecule has 0 amide bonds. The minimum atomic E-state index is -2.36. The summed E-state index contributed by atoms with van der Waals surface area (Å²) in [6, 6.07) is 17.6. The zero-order chi connectivity index (χ0) is 25.9. The zero-order valence-corrected chi connectivity index (χ0v) is 14.7. The van der Waals surface area contributed by atoms with Crippen LogP contribution in [0.3, 0.4) is 0 Å². The van der Waals surface area contributed by atoms with Gasteiger partial charge in [-0.05, 0) is 61.5 Å². The highest BCUT2D eigenvalue weighted by atomic mass is 16.3. The van der Waals surface area contributed by atoms with Crippen molar-refractivity contribution in [2.75, 3.05) is 0 Å². The van der Waals surface area contributed by atoms with Crippen molar-refractivity contribution in [1.82, 2.24) is 9.97 Å². The summed E-state index contributed by atoms with van der Waals surface area (Å²) < 4.78 is 68.9. The van der Waals surface area contributed by atoms with E-state index in [1.54, 1.807) is 24.3 Å². The Kier molecular flexibility index (Phi) is 2.40. The monoisotopic (exact) mass is 372 g/mol. The van der Waals surface area contributed by atoms with E-state index in [0.717, 1.165) is 5.39 Å². The number of furan rings is 1. The van der Waals surface area contributed by atoms with Crippen molar-refractivity contribution in [3.05, 3.63) is 95.3 Å². The quantitative estimate of drug-likeness (QED) is 0.376. The van der Waals surface area contributed by atoms with Crippen LogP contribution in [-0.2, 0) is 6.37 Å². The fourth-order valence-electron chi connectivity index (χ4n) is 3.26. The molecule has 0 radical (unpaired) electrons. The van der Waals surface area contributed by atoms with Crippen LogP contribution in [0.4, 0.5) is 0 Å². The van der Waals surface area contributed by atoms with Crippen LogP contribution in [-0.4, -0.2) is 9.97 Å². The van der Waals surface area contributed by atoms with E-state index in [9.17, 15) is 0 Å². The van der Waals surface area contributed by atoms with Gasteiger partial charge in [-0.3, -0.25) is 4.98 Å². The van der Waals surface area contributed by atoms with Gasteiger partial charge in [-0.2, -0.15) is 0 Å². The zero-order valence-electron chi connectivity index (χ0n) is 22.7. The van der Waals surface area contributed by atoms with Gasteiger partial charge in [0, 0.05) is 39.2 Å². The van der Waals surface area contributed by atoms with Gasteiger partial charge in [0.05, 0.1) is 5.69 Å². The molecule has 0 N–H and O–H groups in total. The molecule has 28 heavy (non-hydrogen) atoms. The number of rotatable bonds is 3. The van der Waals surface area contributed by atoms with Crippen molar-refractivity contribution in [2.24, 2.45) is 0 Å². The van der Waals surface area contributed by atoms with E-state index in [0.29, 0.717) is 33.4 Å². The Morgan fingerprint density at radius 3 is 2.71 bits per heavy atom. The number of benzene rings is 2. The average Bonchev–Trinajstić information content (AvgIpc) is 3.21. The molecule has 0 saturated carbocycles. The second kappa shape index (κ2) is 6.61. The second-order valence-electron chi connectivity index (χ2n) is 6.47. The van der Waals surface area contributed by atoms with Crippen molar-refractivity contribution >= 4 is 22.1 Å². The lowest BCUT2D eigenvalue weighted by Gasteiger charge is -2.06. The number of para-hydroxylation sites is 1. The number of aromatic nitrogens is 2. The Morgan fingerprint density at radius 1 is 0.929 bits per heavy atom. The molecule has 0 spiro atoms. The molecule has 0 atom stereocenters. The van der Waals surface area contributed by atoms with E-state index in [4.69, 9.17) is 15.4 Å². The molecule has 5 aromatic rings. The van der Waals surface area contributed by atoms with Crippen molar-refractivity contribution in [2.45, 2.75) is 20.1 Å². The number of hydrogen-bond donors (Lipinski definition) is 0. The largest absolute Gasteiger partial charge is 0.437 e. The molecule has 136 valence electrons. The highest BCUT2D eigenvalue weighted by Crippen LogP contribution is 2.34. The number of pyridine rings is 2. The first-order valence-corrected chi connectivity index (χ1v) is 8.76. The van der Waals surface area contributed by atoms with E-state index in [-0.39, 0.29) is 17.0 Å². The Hall–Kier alpha value is -3.46. The Labute approximate surface area is 174 Å². The first-order valence-electron chi connectivity index (χ1n) is 12.8. The lowest BCUT2D eigenvalue weighted by atomic mass is 10.0. The molecule has 3 nitrogen and oxygen atoms in total. The van der Waals surface area contributed by atoms with Gasteiger partial charge in [-0.1, -0.05) is 42.0 Å². The molecule has 3 aromatic heterocycles. The summed E-state index contributed by atoms with van der Waals surface area (Å²) in [6.07, 6.45) is -0.408. The van der Waals surface area contributed by atoms with E-state index < -0.39 is 20.1 Å². The summed E-state index contributed by atoms with van der Waals surface area (Å²) in [7, 11) is 0. The third-order valence-electron chi connectivity index (χ3n) is 4.57. The molecular formula is C25H20N2O. The summed E-state index contributed by atoms with van der Waals surface area (Å²) in [5.41, 5.74) is 2.48. The SMILES string of the molecule is [2H]C([2H])([2H])c1ccc(C([2H])([2H])c2ccnc(-c3cccc4c3oc3nc(C([2H])([2H])[2H])ccc34)c2)cc1. The topological polar surface area (TPSA) is 38.9 Å². The van der Waals surface area contributed by atoms with Gasteiger partial charge in [-0.15, -0.1) is 0 Å². The summed E-state index contributed by atoms with van der Waals surface area (Å²) >= 11 is 0. The number of aryl methyl sites for hydroxylation is 2. The summed E-state index contributed by atoms with van der Waals surface area (Å²) in [4.78, 5) is 8.62. The van der Waals surface area contributed by atoms with Crippen LogP contribution in [0.5, 0.6) is 0 Å². The molecule has 5 rings (SSSR count). The van der Waals surface area contributed by atoms with E-state index in [1.807, 2.05) is 12.1 Å². The van der Waals surface area contributed by atoms with Crippen molar-refractivity contribution in [3.8, 4) is 11.3 Å². The van der Waals surface area contributed by atoms with Gasteiger partial charge in [0.1, 0.15) is 5.58 Å². The summed E-state index contributed by atoms with van der Waals surface area (Å²) in [5.74, 6) is 0. The van der Waals surface area contributed by atoms with Gasteiger partial charge in [0.15, 0.2) is 0 Å². The van der Waals surface area contributed by atoms with Crippen LogP contribution in [0.25, 0.3) is 33.3 Å². The van der Waals surface area contributed by atoms with Crippen molar-refractivity contribution in [3.63, 3.8) is 0 Å². The number of fused-ring (bicyclic) bond motifs is 3. The highest BCUT2D eigenvalue weighted by Gasteiger charge is 2.14. The Bertz CT molecular complexity index is 1580. The molecular weight excluding hydrogens is 344 g/mol. The minimum absolute atomic E-state index is 0.0616. The van der Waals surface area contributed by atoms with Crippen LogP contribution in [0.2, 0.25) is 0 Å². The van der Waals surface area contributed by atoms with Crippen molar-refractivity contribution < 1.29 is 15.4 Å². The summed E-state index contributed by atoms with van der Waals surface area (Å²) in [6.45, 7) is -4.63. The van der Waals surface area contributed by atoms with Gasteiger partial charge in [-0.25, -0.2) is 4.98 Å². The van der Waals surface area contributed by atoms with Crippen LogP contribution in [0.1, 0.15) is 33.4 Å². The van der Waals surface area contributed by atoms with Gasteiger partial charge < -0.3 is 4.42 Å². The molecule has 0 aliphatic heterocycles.